The van der Waals surface area contributed by atoms with Gasteiger partial charge in [0.25, 0.3) is 0 Å². The minimum Gasteiger partial charge on any atom is -0.328 e. The summed E-state index contributed by atoms with van der Waals surface area (Å²) in [4.78, 5) is 0. The summed E-state index contributed by atoms with van der Waals surface area (Å²) in [5, 5.41) is 8.74. The number of rotatable bonds is 2. The van der Waals surface area contributed by atoms with E-state index in [9.17, 15) is 0 Å². The molecule has 1 fully saturated rings. The minimum atomic E-state index is 0.276. The van der Waals surface area contributed by atoms with E-state index in [1.165, 1.54) is 31.5 Å². The zero-order valence-electron chi connectivity index (χ0n) is 9.89. The Morgan fingerprint density at radius 1 is 1.31 bits per heavy atom. The summed E-state index contributed by atoms with van der Waals surface area (Å²) in [5.41, 5.74) is 5.97. The van der Waals surface area contributed by atoms with E-state index in [-0.39, 0.29) is 6.04 Å². The molecule has 1 aliphatic carbocycles. The van der Waals surface area contributed by atoms with E-state index in [0.717, 1.165) is 18.8 Å². The van der Waals surface area contributed by atoms with Crippen molar-refractivity contribution in [2.45, 2.75) is 57.5 Å². The van der Waals surface area contributed by atoms with Crippen molar-refractivity contribution in [3.8, 4) is 0 Å². The molecule has 16 heavy (non-hydrogen) atoms. The van der Waals surface area contributed by atoms with Crippen LogP contribution in [0.1, 0.15) is 50.2 Å². The highest BCUT2D eigenvalue weighted by Gasteiger charge is 2.30. The van der Waals surface area contributed by atoms with Crippen molar-refractivity contribution in [3.63, 3.8) is 0 Å². The van der Waals surface area contributed by atoms with Crippen molar-refractivity contribution < 1.29 is 0 Å². The molecular weight excluding hydrogens is 200 g/mol. The Hall–Kier alpha value is -0.900. The molecule has 3 rings (SSSR count). The Morgan fingerprint density at radius 3 is 2.75 bits per heavy atom. The van der Waals surface area contributed by atoms with Crippen LogP contribution < -0.4 is 5.73 Å². The number of aromatic nitrogens is 3. The van der Waals surface area contributed by atoms with Gasteiger partial charge >= 0.3 is 0 Å². The molecule has 2 N–H and O–H groups in total. The van der Waals surface area contributed by atoms with Crippen molar-refractivity contribution in [2.24, 2.45) is 11.7 Å². The molecule has 4 heteroatoms. The van der Waals surface area contributed by atoms with Gasteiger partial charge in [-0.3, -0.25) is 0 Å². The molecule has 0 saturated heterocycles. The molecule has 0 spiro atoms. The van der Waals surface area contributed by atoms with Gasteiger partial charge in [0.2, 0.25) is 0 Å². The third kappa shape index (κ3) is 1.56. The first-order chi connectivity index (χ1) is 7.75. The van der Waals surface area contributed by atoms with Gasteiger partial charge in [0.15, 0.2) is 0 Å². The SMILES string of the molecule is CC(N)C1CCn2c(nnc2C2CCC2)C1. The highest BCUT2D eigenvalue weighted by molar-refractivity contribution is 5.08. The van der Waals surface area contributed by atoms with Gasteiger partial charge in [0.05, 0.1) is 0 Å². The van der Waals surface area contributed by atoms with Crippen molar-refractivity contribution in [1.82, 2.24) is 14.8 Å². The molecule has 4 nitrogen and oxygen atoms in total. The topological polar surface area (TPSA) is 56.7 Å². The molecule has 0 amide bonds. The molecule has 2 atom stereocenters. The summed E-state index contributed by atoms with van der Waals surface area (Å²) < 4.78 is 2.35. The van der Waals surface area contributed by atoms with E-state index in [1.807, 2.05) is 0 Å². The number of nitrogens with zero attached hydrogens (tertiary/aromatic N) is 3. The molecular formula is C12H20N4. The molecule has 0 bridgehead atoms. The summed E-state index contributed by atoms with van der Waals surface area (Å²) in [6.45, 7) is 3.17. The second kappa shape index (κ2) is 3.84. The fraction of sp³-hybridized carbons (Fsp3) is 0.833. The summed E-state index contributed by atoms with van der Waals surface area (Å²) in [6, 6.07) is 0.276. The quantitative estimate of drug-likeness (QED) is 0.820. The van der Waals surface area contributed by atoms with Crippen LogP contribution in [-0.4, -0.2) is 20.8 Å². The third-order valence-corrected chi connectivity index (χ3v) is 4.24. The molecule has 1 aromatic heterocycles. The number of hydrogen-bond donors (Lipinski definition) is 1. The van der Waals surface area contributed by atoms with Crippen LogP contribution in [0.15, 0.2) is 0 Å². The highest BCUT2D eigenvalue weighted by atomic mass is 15.3. The van der Waals surface area contributed by atoms with Gasteiger partial charge in [-0.05, 0) is 32.1 Å². The summed E-state index contributed by atoms with van der Waals surface area (Å²) in [7, 11) is 0. The lowest BCUT2D eigenvalue weighted by molar-refractivity contribution is 0.318. The van der Waals surface area contributed by atoms with Crippen molar-refractivity contribution in [3.05, 3.63) is 11.6 Å². The maximum absolute atomic E-state index is 5.97. The normalized spacial score (nSPS) is 27.2. The van der Waals surface area contributed by atoms with E-state index in [2.05, 4.69) is 21.7 Å². The van der Waals surface area contributed by atoms with Crippen LogP contribution in [0.3, 0.4) is 0 Å². The first kappa shape index (κ1) is 10.3. The zero-order valence-corrected chi connectivity index (χ0v) is 9.89. The molecule has 2 unspecified atom stereocenters. The monoisotopic (exact) mass is 220 g/mol. The Bertz CT molecular complexity index is 378. The van der Waals surface area contributed by atoms with Crippen LogP contribution in [0.5, 0.6) is 0 Å². The first-order valence-electron chi connectivity index (χ1n) is 6.43. The Morgan fingerprint density at radius 2 is 2.12 bits per heavy atom. The van der Waals surface area contributed by atoms with E-state index in [4.69, 9.17) is 5.73 Å². The van der Waals surface area contributed by atoms with Gasteiger partial charge in [-0.1, -0.05) is 6.42 Å². The highest BCUT2D eigenvalue weighted by Crippen LogP contribution is 2.36. The average molecular weight is 220 g/mol. The smallest absolute Gasteiger partial charge is 0.136 e. The van der Waals surface area contributed by atoms with Gasteiger partial charge in [-0.25, -0.2) is 0 Å². The molecule has 0 radical (unpaired) electrons. The van der Waals surface area contributed by atoms with Crippen LogP contribution in [-0.2, 0) is 13.0 Å². The van der Waals surface area contributed by atoms with Crippen LogP contribution >= 0.6 is 0 Å². The summed E-state index contributed by atoms with van der Waals surface area (Å²) in [6.07, 6.45) is 6.15. The van der Waals surface area contributed by atoms with Crippen LogP contribution in [0.2, 0.25) is 0 Å². The lowest BCUT2D eigenvalue weighted by Gasteiger charge is -2.29. The number of nitrogens with two attached hydrogens (primary N) is 1. The fourth-order valence-electron chi connectivity index (χ4n) is 2.79. The molecule has 2 heterocycles. The van der Waals surface area contributed by atoms with Crippen LogP contribution in [0.25, 0.3) is 0 Å². The lowest BCUT2D eigenvalue weighted by Crippen LogP contribution is -2.33. The minimum absolute atomic E-state index is 0.276. The number of fused-ring (bicyclic) bond motifs is 1. The number of hydrogen-bond acceptors (Lipinski definition) is 3. The van der Waals surface area contributed by atoms with E-state index in [0.29, 0.717) is 11.8 Å². The van der Waals surface area contributed by atoms with Gasteiger partial charge in [0.1, 0.15) is 11.6 Å². The maximum Gasteiger partial charge on any atom is 0.136 e. The fourth-order valence-corrected chi connectivity index (χ4v) is 2.79. The molecule has 88 valence electrons. The first-order valence-corrected chi connectivity index (χ1v) is 6.43. The van der Waals surface area contributed by atoms with Gasteiger partial charge in [-0.15, -0.1) is 10.2 Å². The lowest BCUT2D eigenvalue weighted by atomic mass is 9.84. The van der Waals surface area contributed by atoms with E-state index >= 15 is 0 Å². The molecule has 2 aliphatic rings. The molecule has 1 aromatic rings. The zero-order chi connectivity index (χ0) is 11.1. The second-order valence-corrected chi connectivity index (χ2v) is 5.37. The second-order valence-electron chi connectivity index (χ2n) is 5.37. The predicted octanol–water partition coefficient (Wildman–Crippen LogP) is 1.46. The largest absolute Gasteiger partial charge is 0.328 e. The predicted molar refractivity (Wildman–Crippen MR) is 62.1 cm³/mol. The van der Waals surface area contributed by atoms with Gasteiger partial charge in [-0.2, -0.15) is 0 Å². The Labute approximate surface area is 96.2 Å². The molecule has 1 saturated carbocycles. The van der Waals surface area contributed by atoms with Crippen molar-refractivity contribution >= 4 is 0 Å². The van der Waals surface area contributed by atoms with Crippen LogP contribution in [0.4, 0.5) is 0 Å². The standard InChI is InChI=1S/C12H20N4/c1-8(13)10-5-6-16-11(7-10)14-15-12(16)9-3-2-4-9/h8-10H,2-7,13H2,1H3. The molecule has 0 aromatic carbocycles. The maximum atomic E-state index is 5.97. The van der Waals surface area contributed by atoms with E-state index in [1.54, 1.807) is 0 Å². The Balaban J connectivity index is 1.82. The van der Waals surface area contributed by atoms with Gasteiger partial charge in [0, 0.05) is 24.9 Å². The average Bonchev–Trinajstić information content (AvgIpc) is 2.59. The van der Waals surface area contributed by atoms with Crippen LogP contribution in [0, 0.1) is 5.92 Å². The third-order valence-electron chi connectivity index (χ3n) is 4.24. The van der Waals surface area contributed by atoms with Crippen molar-refractivity contribution in [1.29, 1.82) is 0 Å². The Kier molecular flexibility index (Phi) is 2.46. The van der Waals surface area contributed by atoms with Gasteiger partial charge < -0.3 is 10.3 Å². The van der Waals surface area contributed by atoms with Crippen molar-refractivity contribution in [2.75, 3.05) is 0 Å². The van der Waals surface area contributed by atoms with E-state index < -0.39 is 0 Å². The molecule has 1 aliphatic heterocycles. The summed E-state index contributed by atoms with van der Waals surface area (Å²) in [5.74, 6) is 3.68. The summed E-state index contributed by atoms with van der Waals surface area (Å²) >= 11 is 0.